The van der Waals surface area contributed by atoms with Crippen LogP contribution in [-0.2, 0) is 10.0 Å². The van der Waals surface area contributed by atoms with E-state index in [0.29, 0.717) is 19.0 Å². The Morgan fingerprint density at radius 1 is 1.47 bits per heavy atom. The van der Waals surface area contributed by atoms with Crippen LogP contribution in [0.4, 0.5) is 4.39 Å². The summed E-state index contributed by atoms with van der Waals surface area (Å²) in [6.45, 7) is 3.18. The molecule has 0 aliphatic carbocycles. The standard InChI is InChI=1S/C13H17BrFNO2S/c1-2-10-4-3-7-16(9-10)19(17,18)13-6-5-11(15)8-12(13)14/h5-6,8,10H,2-4,7,9H2,1H3. The molecule has 0 radical (unpaired) electrons. The Labute approximate surface area is 122 Å². The van der Waals surface area contributed by atoms with Gasteiger partial charge in [-0.25, -0.2) is 12.8 Å². The topological polar surface area (TPSA) is 37.4 Å². The van der Waals surface area contributed by atoms with E-state index in [0.717, 1.165) is 19.3 Å². The molecule has 1 saturated heterocycles. The molecule has 19 heavy (non-hydrogen) atoms. The van der Waals surface area contributed by atoms with E-state index in [1.165, 1.54) is 22.5 Å². The molecule has 1 aliphatic heterocycles. The highest BCUT2D eigenvalue weighted by Gasteiger charge is 2.30. The normalized spacial score (nSPS) is 21.5. The van der Waals surface area contributed by atoms with Crippen molar-refractivity contribution in [3.05, 3.63) is 28.5 Å². The second-order valence-electron chi connectivity index (χ2n) is 4.85. The average Bonchev–Trinajstić information content (AvgIpc) is 2.38. The van der Waals surface area contributed by atoms with Gasteiger partial charge in [0.1, 0.15) is 5.82 Å². The van der Waals surface area contributed by atoms with Gasteiger partial charge in [0.15, 0.2) is 0 Å². The van der Waals surface area contributed by atoms with Gasteiger partial charge in [-0.2, -0.15) is 4.31 Å². The van der Waals surface area contributed by atoms with Crippen molar-refractivity contribution in [2.45, 2.75) is 31.1 Å². The van der Waals surface area contributed by atoms with Crippen molar-refractivity contribution in [3.63, 3.8) is 0 Å². The van der Waals surface area contributed by atoms with Gasteiger partial charge in [0, 0.05) is 17.6 Å². The van der Waals surface area contributed by atoms with E-state index in [-0.39, 0.29) is 9.37 Å². The van der Waals surface area contributed by atoms with Gasteiger partial charge in [-0.05, 0) is 52.9 Å². The van der Waals surface area contributed by atoms with Crippen LogP contribution in [0.1, 0.15) is 26.2 Å². The maximum absolute atomic E-state index is 13.1. The van der Waals surface area contributed by atoms with E-state index in [9.17, 15) is 12.8 Å². The Bertz CT molecular complexity index is 562. The highest BCUT2D eigenvalue weighted by Crippen LogP contribution is 2.29. The first-order valence-corrected chi connectivity index (χ1v) is 8.63. The Hall–Kier alpha value is -0.460. The summed E-state index contributed by atoms with van der Waals surface area (Å²) >= 11 is 3.14. The summed E-state index contributed by atoms with van der Waals surface area (Å²) in [5, 5.41) is 0. The number of rotatable bonds is 3. The molecular weight excluding hydrogens is 333 g/mol. The van der Waals surface area contributed by atoms with Gasteiger partial charge in [-0.3, -0.25) is 0 Å². The Balaban J connectivity index is 2.31. The summed E-state index contributed by atoms with van der Waals surface area (Å²) < 4.78 is 40.0. The molecule has 1 fully saturated rings. The lowest BCUT2D eigenvalue weighted by molar-refractivity contribution is 0.261. The second kappa shape index (κ2) is 5.89. The van der Waals surface area contributed by atoms with Crippen molar-refractivity contribution in [3.8, 4) is 0 Å². The SMILES string of the molecule is CCC1CCCN(S(=O)(=O)c2ccc(F)cc2Br)C1. The molecule has 1 aliphatic rings. The largest absolute Gasteiger partial charge is 0.244 e. The first kappa shape index (κ1) is 14.9. The minimum absolute atomic E-state index is 0.144. The highest BCUT2D eigenvalue weighted by atomic mass is 79.9. The maximum atomic E-state index is 13.1. The van der Waals surface area contributed by atoms with Crippen molar-refractivity contribution >= 4 is 26.0 Å². The lowest BCUT2D eigenvalue weighted by atomic mass is 9.97. The smallest absolute Gasteiger partial charge is 0.207 e. The molecule has 0 bridgehead atoms. The average molecular weight is 350 g/mol. The fourth-order valence-corrected chi connectivity index (χ4v) is 4.97. The second-order valence-corrected chi connectivity index (χ2v) is 7.61. The minimum atomic E-state index is -3.53. The molecule has 1 aromatic carbocycles. The van der Waals surface area contributed by atoms with E-state index < -0.39 is 15.8 Å². The van der Waals surface area contributed by atoms with Crippen molar-refractivity contribution in [2.75, 3.05) is 13.1 Å². The quantitative estimate of drug-likeness (QED) is 0.838. The van der Waals surface area contributed by atoms with Gasteiger partial charge in [0.2, 0.25) is 10.0 Å². The fraction of sp³-hybridized carbons (Fsp3) is 0.538. The zero-order valence-corrected chi connectivity index (χ0v) is 13.2. The lowest BCUT2D eigenvalue weighted by Crippen LogP contribution is -2.39. The first-order chi connectivity index (χ1) is 8.95. The third-order valence-corrected chi connectivity index (χ3v) is 6.41. The van der Waals surface area contributed by atoms with E-state index in [2.05, 4.69) is 22.9 Å². The van der Waals surface area contributed by atoms with Crippen LogP contribution in [-0.4, -0.2) is 25.8 Å². The molecule has 0 saturated carbocycles. The minimum Gasteiger partial charge on any atom is -0.207 e. The Kier molecular flexibility index (Phi) is 4.63. The number of nitrogens with zero attached hydrogens (tertiary/aromatic N) is 1. The lowest BCUT2D eigenvalue weighted by Gasteiger charge is -2.31. The summed E-state index contributed by atoms with van der Waals surface area (Å²) in [4.78, 5) is 0.144. The third-order valence-electron chi connectivity index (χ3n) is 3.57. The van der Waals surface area contributed by atoms with Crippen molar-refractivity contribution in [1.29, 1.82) is 0 Å². The predicted octanol–water partition coefficient (Wildman–Crippen LogP) is 3.40. The van der Waals surface area contributed by atoms with Crippen LogP contribution in [0.15, 0.2) is 27.6 Å². The van der Waals surface area contributed by atoms with Crippen molar-refractivity contribution in [2.24, 2.45) is 5.92 Å². The van der Waals surface area contributed by atoms with Crippen LogP contribution in [0.5, 0.6) is 0 Å². The van der Waals surface area contributed by atoms with Crippen LogP contribution in [0.25, 0.3) is 0 Å². The first-order valence-electron chi connectivity index (χ1n) is 6.40. The van der Waals surface area contributed by atoms with Gasteiger partial charge >= 0.3 is 0 Å². The van der Waals surface area contributed by atoms with Crippen LogP contribution in [0, 0.1) is 11.7 Å². The summed E-state index contributed by atoms with van der Waals surface area (Å²) in [5.74, 6) is -0.0290. The molecular formula is C13H17BrFNO2S. The number of sulfonamides is 1. The molecule has 6 heteroatoms. The summed E-state index contributed by atoms with van der Waals surface area (Å²) in [7, 11) is -3.53. The monoisotopic (exact) mass is 349 g/mol. The van der Waals surface area contributed by atoms with E-state index in [1.807, 2.05) is 0 Å². The van der Waals surface area contributed by atoms with Crippen LogP contribution >= 0.6 is 15.9 Å². The van der Waals surface area contributed by atoms with Gasteiger partial charge in [-0.1, -0.05) is 13.3 Å². The molecule has 1 atom stereocenters. The van der Waals surface area contributed by atoms with Crippen LogP contribution < -0.4 is 0 Å². The Morgan fingerprint density at radius 2 is 2.21 bits per heavy atom. The number of benzene rings is 1. The molecule has 106 valence electrons. The maximum Gasteiger partial charge on any atom is 0.244 e. The third kappa shape index (κ3) is 3.17. The molecule has 1 aromatic rings. The number of hydrogen-bond acceptors (Lipinski definition) is 2. The highest BCUT2D eigenvalue weighted by molar-refractivity contribution is 9.10. The van der Waals surface area contributed by atoms with Gasteiger partial charge in [0.05, 0.1) is 4.90 Å². The van der Waals surface area contributed by atoms with E-state index >= 15 is 0 Å². The molecule has 1 unspecified atom stereocenters. The number of hydrogen-bond donors (Lipinski definition) is 0. The molecule has 0 N–H and O–H groups in total. The van der Waals surface area contributed by atoms with Crippen molar-refractivity contribution in [1.82, 2.24) is 4.31 Å². The fourth-order valence-electron chi connectivity index (χ4n) is 2.40. The zero-order chi connectivity index (χ0) is 14.0. The van der Waals surface area contributed by atoms with Gasteiger partial charge < -0.3 is 0 Å². The predicted molar refractivity (Wildman–Crippen MR) is 75.9 cm³/mol. The Morgan fingerprint density at radius 3 is 2.84 bits per heavy atom. The summed E-state index contributed by atoms with van der Waals surface area (Å²) in [6.07, 6.45) is 2.94. The summed E-state index contributed by atoms with van der Waals surface area (Å²) in [5.41, 5.74) is 0. The van der Waals surface area contributed by atoms with Gasteiger partial charge in [-0.15, -0.1) is 0 Å². The molecule has 0 amide bonds. The number of piperidine rings is 1. The van der Waals surface area contributed by atoms with Gasteiger partial charge in [0.25, 0.3) is 0 Å². The molecule has 0 aromatic heterocycles. The van der Waals surface area contributed by atoms with Crippen LogP contribution in [0.2, 0.25) is 0 Å². The molecule has 0 spiro atoms. The summed E-state index contributed by atoms with van der Waals surface area (Å²) in [6, 6.07) is 3.69. The molecule has 2 rings (SSSR count). The van der Waals surface area contributed by atoms with Crippen LogP contribution in [0.3, 0.4) is 0 Å². The van der Waals surface area contributed by atoms with E-state index in [4.69, 9.17) is 0 Å². The number of halogens is 2. The molecule has 1 heterocycles. The van der Waals surface area contributed by atoms with E-state index in [1.54, 1.807) is 0 Å². The zero-order valence-electron chi connectivity index (χ0n) is 10.8. The molecule has 3 nitrogen and oxygen atoms in total. The van der Waals surface area contributed by atoms with Crippen molar-refractivity contribution < 1.29 is 12.8 Å².